The fourth-order valence-electron chi connectivity index (χ4n) is 3.64. The van der Waals surface area contributed by atoms with Gasteiger partial charge in [0.2, 0.25) is 5.91 Å². The second-order valence-electron chi connectivity index (χ2n) is 6.55. The number of carbonyl (C=O) groups excluding carboxylic acids is 1. The molecule has 7 heteroatoms. The van der Waals surface area contributed by atoms with Crippen LogP contribution in [0, 0.1) is 0 Å². The van der Waals surface area contributed by atoms with Crippen molar-refractivity contribution in [2.75, 3.05) is 12.3 Å². The van der Waals surface area contributed by atoms with Gasteiger partial charge in [0.25, 0.3) is 0 Å². The van der Waals surface area contributed by atoms with Crippen LogP contribution in [0.1, 0.15) is 46.0 Å². The summed E-state index contributed by atoms with van der Waals surface area (Å²) in [7, 11) is 0. The van der Waals surface area contributed by atoms with Crippen LogP contribution < -0.4 is 0 Å². The predicted octanol–water partition coefficient (Wildman–Crippen LogP) is 3.63. The third kappa shape index (κ3) is 4.26. The summed E-state index contributed by atoms with van der Waals surface area (Å²) >= 11 is 1.49. The molecule has 0 saturated heterocycles. The monoisotopic (exact) mass is 373 g/mol. The molecule has 26 heavy (non-hydrogen) atoms. The van der Waals surface area contributed by atoms with Crippen molar-refractivity contribution in [1.29, 1.82) is 0 Å². The Bertz CT molecular complexity index is 712. The number of rotatable bonds is 7. The van der Waals surface area contributed by atoms with Crippen molar-refractivity contribution in [2.45, 2.75) is 63.7 Å². The number of nitrogens with zero attached hydrogens (tertiary/aromatic N) is 5. The van der Waals surface area contributed by atoms with E-state index in [0.717, 1.165) is 42.5 Å². The number of hydrogen-bond donors (Lipinski definition) is 0. The summed E-state index contributed by atoms with van der Waals surface area (Å²) < 4.78 is 2.06. The molecule has 0 atom stereocenters. The summed E-state index contributed by atoms with van der Waals surface area (Å²) in [6.45, 7) is 5.70. The average Bonchev–Trinajstić information content (AvgIpc) is 3.11. The van der Waals surface area contributed by atoms with Crippen LogP contribution in [-0.2, 0) is 11.3 Å². The maximum Gasteiger partial charge on any atom is 0.233 e. The van der Waals surface area contributed by atoms with Crippen LogP contribution in [0.4, 0.5) is 0 Å². The maximum absolute atomic E-state index is 12.8. The Morgan fingerprint density at radius 1 is 1.19 bits per heavy atom. The van der Waals surface area contributed by atoms with Crippen LogP contribution in [0.5, 0.6) is 0 Å². The molecule has 0 spiro atoms. The van der Waals surface area contributed by atoms with Crippen molar-refractivity contribution in [3.8, 4) is 11.4 Å². The van der Waals surface area contributed by atoms with E-state index in [1.54, 1.807) is 12.4 Å². The SMILES string of the molecule is CCN(C(=O)CSc1nnc(-c2ccncc2)n1CC)C1CCCCC1. The maximum atomic E-state index is 12.8. The van der Waals surface area contributed by atoms with Gasteiger partial charge in [-0.05, 0) is 38.8 Å². The molecule has 0 unspecified atom stereocenters. The van der Waals surface area contributed by atoms with Crippen molar-refractivity contribution < 1.29 is 4.79 Å². The normalized spacial score (nSPS) is 15.2. The quantitative estimate of drug-likeness (QED) is 0.694. The van der Waals surface area contributed by atoms with E-state index >= 15 is 0 Å². The van der Waals surface area contributed by atoms with E-state index in [4.69, 9.17) is 0 Å². The van der Waals surface area contributed by atoms with Crippen LogP contribution in [0.25, 0.3) is 11.4 Å². The van der Waals surface area contributed by atoms with Crippen LogP contribution in [-0.4, -0.2) is 48.9 Å². The van der Waals surface area contributed by atoms with E-state index in [9.17, 15) is 4.79 Å². The van der Waals surface area contributed by atoms with Crippen LogP contribution >= 0.6 is 11.8 Å². The van der Waals surface area contributed by atoms with Gasteiger partial charge < -0.3 is 9.47 Å². The predicted molar refractivity (Wildman–Crippen MR) is 104 cm³/mol. The smallest absolute Gasteiger partial charge is 0.233 e. The number of hydrogen-bond acceptors (Lipinski definition) is 5. The van der Waals surface area contributed by atoms with Gasteiger partial charge in [-0.3, -0.25) is 9.78 Å². The molecule has 0 aliphatic heterocycles. The molecule has 3 rings (SSSR count). The summed E-state index contributed by atoms with van der Waals surface area (Å²) in [4.78, 5) is 18.9. The molecule has 2 heterocycles. The standard InChI is InChI=1S/C19H27N5OS/c1-3-23(16-8-6-5-7-9-16)17(25)14-26-19-22-21-18(24(19)4-2)15-10-12-20-13-11-15/h10-13,16H,3-9,14H2,1-2H3. The molecule has 0 N–H and O–H groups in total. The summed E-state index contributed by atoms with van der Waals surface area (Å²) in [5.41, 5.74) is 0.991. The van der Waals surface area contributed by atoms with Gasteiger partial charge >= 0.3 is 0 Å². The summed E-state index contributed by atoms with van der Waals surface area (Å²) in [6, 6.07) is 4.27. The Hall–Kier alpha value is -1.89. The highest BCUT2D eigenvalue weighted by molar-refractivity contribution is 7.99. The van der Waals surface area contributed by atoms with Crippen molar-refractivity contribution in [3.63, 3.8) is 0 Å². The van der Waals surface area contributed by atoms with Gasteiger partial charge in [-0.1, -0.05) is 31.0 Å². The molecule has 0 bridgehead atoms. The van der Waals surface area contributed by atoms with Crippen LogP contribution in [0.15, 0.2) is 29.7 Å². The van der Waals surface area contributed by atoms with E-state index in [-0.39, 0.29) is 5.91 Å². The zero-order chi connectivity index (χ0) is 18.4. The molecule has 140 valence electrons. The van der Waals surface area contributed by atoms with Gasteiger partial charge in [-0.2, -0.15) is 0 Å². The minimum atomic E-state index is 0.209. The molecule has 1 saturated carbocycles. The zero-order valence-electron chi connectivity index (χ0n) is 15.6. The fraction of sp³-hybridized carbons (Fsp3) is 0.579. The highest BCUT2D eigenvalue weighted by Gasteiger charge is 2.24. The van der Waals surface area contributed by atoms with Crippen molar-refractivity contribution in [3.05, 3.63) is 24.5 Å². The Balaban J connectivity index is 1.67. The van der Waals surface area contributed by atoms with Gasteiger partial charge in [0.1, 0.15) is 0 Å². The highest BCUT2D eigenvalue weighted by Crippen LogP contribution is 2.26. The number of pyridine rings is 1. The van der Waals surface area contributed by atoms with Gasteiger partial charge in [0.05, 0.1) is 5.75 Å². The van der Waals surface area contributed by atoms with Crippen LogP contribution in [0.2, 0.25) is 0 Å². The van der Waals surface area contributed by atoms with E-state index in [0.29, 0.717) is 11.8 Å². The molecular weight excluding hydrogens is 346 g/mol. The van der Waals surface area contributed by atoms with Gasteiger partial charge in [-0.25, -0.2) is 0 Å². The number of carbonyl (C=O) groups is 1. The van der Waals surface area contributed by atoms with E-state index in [1.807, 2.05) is 12.1 Å². The first kappa shape index (κ1) is 18.9. The third-order valence-electron chi connectivity index (χ3n) is 4.97. The van der Waals surface area contributed by atoms with Gasteiger partial charge in [-0.15, -0.1) is 10.2 Å². The molecule has 2 aromatic heterocycles. The van der Waals surface area contributed by atoms with E-state index in [2.05, 4.69) is 38.5 Å². The minimum Gasteiger partial charge on any atom is -0.339 e. The second kappa shape index (κ2) is 9.16. The van der Waals surface area contributed by atoms with Gasteiger partial charge in [0, 0.05) is 37.1 Å². The molecule has 1 aliphatic carbocycles. The number of thioether (sulfide) groups is 1. The van der Waals surface area contributed by atoms with Crippen molar-refractivity contribution in [1.82, 2.24) is 24.6 Å². The number of aromatic nitrogens is 4. The Morgan fingerprint density at radius 2 is 1.92 bits per heavy atom. The first-order valence-corrected chi connectivity index (χ1v) is 10.5. The molecule has 2 aromatic rings. The lowest BCUT2D eigenvalue weighted by atomic mass is 9.94. The molecule has 1 amide bonds. The second-order valence-corrected chi connectivity index (χ2v) is 7.49. The van der Waals surface area contributed by atoms with E-state index in [1.165, 1.54) is 31.0 Å². The average molecular weight is 374 g/mol. The zero-order valence-corrected chi connectivity index (χ0v) is 16.4. The fourth-order valence-corrected chi connectivity index (χ4v) is 4.52. The number of amides is 1. The molecule has 1 aliphatic rings. The molecule has 0 radical (unpaired) electrons. The Kier molecular flexibility index (Phi) is 6.66. The Morgan fingerprint density at radius 3 is 2.58 bits per heavy atom. The minimum absolute atomic E-state index is 0.209. The molecule has 1 fully saturated rings. The first-order valence-electron chi connectivity index (χ1n) is 9.50. The lowest BCUT2D eigenvalue weighted by Gasteiger charge is -2.33. The molecule has 6 nitrogen and oxygen atoms in total. The first-order chi connectivity index (χ1) is 12.7. The lowest BCUT2D eigenvalue weighted by Crippen LogP contribution is -2.42. The molecular formula is C19H27N5OS. The lowest BCUT2D eigenvalue weighted by molar-refractivity contribution is -0.131. The molecule has 0 aromatic carbocycles. The third-order valence-corrected chi connectivity index (χ3v) is 5.92. The summed E-state index contributed by atoms with van der Waals surface area (Å²) in [5.74, 6) is 1.45. The Labute approximate surface area is 159 Å². The summed E-state index contributed by atoms with van der Waals surface area (Å²) in [6.07, 6.45) is 9.56. The van der Waals surface area contributed by atoms with Gasteiger partial charge in [0.15, 0.2) is 11.0 Å². The van der Waals surface area contributed by atoms with Crippen LogP contribution in [0.3, 0.4) is 0 Å². The van der Waals surface area contributed by atoms with Crippen molar-refractivity contribution >= 4 is 17.7 Å². The van der Waals surface area contributed by atoms with E-state index < -0.39 is 0 Å². The van der Waals surface area contributed by atoms with Crippen molar-refractivity contribution in [2.24, 2.45) is 0 Å². The largest absolute Gasteiger partial charge is 0.339 e. The topological polar surface area (TPSA) is 63.9 Å². The highest BCUT2D eigenvalue weighted by atomic mass is 32.2. The summed E-state index contributed by atoms with van der Waals surface area (Å²) in [5, 5.41) is 9.45.